The second-order valence-corrected chi connectivity index (χ2v) is 7.92. The third kappa shape index (κ3) is 6.81. The standard InChI is InChI=1S/C17H16ClFN2O2S2/c1-25(22,23)21-16-8-4-13(10-15(16)19)11-20-17(24)9-5-12-2-6-14(18)7-3-12/h2-10,21H,11H2,1H3,(H,20,24)/b9-5+. The number of rotatable bonds is 6. The van der Waals surface area contributed by atoms with Gasteiger partial charge in [-0.2, -0.15) is 0 Å². The highest BCUT2D eigenvalue weighted by Gasteiger charge is 2.08. The predicted molar refractivity (Wildman–Crippen MR) is 105 cm³/mol. The van der Waals surface area contributed by atoms with Crippen molar-refractivity contribution in [3.05, 3.63) is 70.5 Å². The van der Waals surface area contributed by atoms with E-state index in [9.17, 15) is 12.8 Å². The molecule has 2 aromatic rings. The molecule has 132 valence electrons. The maximum Gasteiger partial charge on any atom is 0.229 e. The summed E-state index contributed by atoms with van der Waals surface area (Å²) in [5, 5.41) is 3.65. The molecule has 0 saturated heterocycles. The van der Waals surface area contributed by atoms with Crippen LogP contribution in [0.2, 0.25) is 5.02 Å². The van der Waals surface area contributed by atoms with Gasteiger partial charge in [-0.05, 0) is 41.5 Å². The van der Waals surface area contributed by atoms with Gasteiger partial charge in [0.05, 0.1) is 16.9 Å². The molecule has 0 atom stereocenters. The van der Waals surface area contributed by atoms with Gasteiger partial charge in [-0.1, -0.05) is 48.1 Å². The molecule has 0 radical (unpaired) electrons. The van der Waals surface area contributed by atoms with Crippen molar-refractivity contribution in [2.24, 2.45) is 0 Å². The zero-order valence-electron chi connectivity index (χ0n) is 13.3. The molecule has 0 aromatic heterocycles. The molecule has 0 fully saturated rings. The molecule has 2 rings (SSSR count). The van der Waals surface area contributed by atoms with Gasteiger partial charge in [-0.15, -0.1) is 0 Å². The minimum atomic E-state index is -3.52. The van der Waals surface area contributed by atoms with Gasteiger partial charge >= 0.3 is 0 Å². The van der Waals surface area contributed by atoms with E-state index in [2.05, 4.69) is 10.0 Å². The van der Waals surface area contributed by atoms with Crippen LogP contribution >= 0.6 is 23.8 Å². The van der Waals surface area contributed by atoms with Crippen LogP contribution in [0.3, 0.4) is 0 Å². The van der Waals surface area contributed by atoms with Crippen LogP contribution in [0, 0.1) is 5.82 Å². The lowest BCUT2D eigenvalue weighted by Crippen LogP contribution is -2.18. The highest BCUT2D eigenvalue weighted by molar-refractivity contribution is 7.92. The van der Waals surface area contributed by atoms with Gasteiger partial charge in [0.2, 0.25) is 10.0 Å². The van der Waals surface area contributed by atoms with Crippen LogP contribution in [0.5, 0.6) is 0 Å². The fraction of sp³-hybridized carbons (Fsp3) is 0.118. The number of nitrogens with one attached hydrogen (secondary N) is 2. The van der Waals surface area contributed by atoms with Gasteiger partial charge in [-0.25, -0.2) is 12.8 Å². The molecule has 0 amide bonds. The zero-order valence-corrected chi connectivity index (χ0v) is 15.7. The Labute approximate surface area is 156 Å². The van der Waals surface area contributed by atoms with Crippen molar-refractivity contribution in [3.8, 4) is 0 Å². The van der Waals surface area contributed by atoms with Crippen LogP contribution in [-0.4, -0.2) is 19.7 Å². The van der Waals surface area contributed by atoms with Gasteiger partial charge in [-0.3, -0.25) is 4.72 Å². The topological polar surface area (TPSA) is 58.2 Å². The highest BCUT2D eigenvalue weighted by Crippen LogP contribution is 2.17. The third-order valence-corrected chi connectivity index (χ3v) is 4.22. The SMILES string of the molecule is CS(=O)(=O)Nc1ccc(CNC(=S)/C=C/c2ccc(Cl)cc2)cc1F. The monoisotopic (exact) mass is 398 g/mol. The zero-order chi connectivity index (χ0) is 18.4. The van der Waals surface area contributed by atoms with E-state index >= 15 is 0 Å². The summed E-state index contributed by atoms with van der Waals surface area (Å²) in [4.78, 5) is 0.494. The fourth-order valence-corrected chi connectivity index (χ4v) is 2.78. The fourth-order valence-electron chi connectivity index (χ4n) is 1.94. The molecule has 0 aliphatic heterocycles. The minimum Gasteiger partial charge on any atom is -0.372 e. The van der Waals surface area contributed by atoms with Crippen LogP contribution in [0.25, 0.3) is 6.08 Å². The van der Waals surface area contributed by atoms with Crippen molar-refractivity contribution in [1.29, 1.82) is 0 Å². The third-order valence-electron chi connectivity index (χ3n) is 3.09. The van der Waals surface area contributed by atoms with Crippen LogP contribution in [0.4, 0.5) is 10.1 Å². The van der Waals surface area contributed by atoms with E-state index in [0.29, 0.717) is 22.1 Å². The Morgan fingerprint density at radius 2 is 1.92 bits per heavy atom. The van der Waals surface area contributed by atoms with E-state index in [4.69, 9.17) is 23.8 Å². The number of hydrogen-bond acceptors (Lipinski definition) is 3. The van der Waals surface area contributed by atoms with E-state index < -0.39 is 15.8 Å². The number of halogens is 2. The summed E-state index contributed by atoms with van der Waals surface area (Å²) in [6, 6.07) is 11.6. The van der Waals surface area contributed by atoms with Crippen molar-refractivity contribution in [3.63, 3.8) is 0 Å². The van der Waals surface area contributed by atoms with Crippen LogP contribution in [0.1, 0.15) is 11.1 Å². The average Bonchev–Trinajstić information content (AvgIpc) is 2.53. The lowest BCUT2D eigenvalue weighted by molar-refractivity contribution is 0.603. The summed E-state index contributed by atoms with van der Waals surface area (Å²) in [7, 11) is -3.52. The molecule has 2 aromatic carbocycles. The van der Waals surface area contributed by atoms with E-state index in [1.165, 1.54) is 12.1 Å². The average molecular weight is 399 g/mol. The number of anilines is 1. The summed E-state index contributed by atoms with van der Waals surface area (Å²) in [5.41, 5.74) is 1.51. The van der Waals surface area contributed by atoms with Crippen LogP contribution in [-0.2, 0) is 16.6 Å². The molecule has 0 saturated carbocycles. The molecule has 8 heteroatoms. The Morgan fingerprint density at radius 1 is 1.24 bits per heavy atom. The minimum absolute atomic E-state index is 0.0866. The smallest absolute Gasteiger partial charge is 0.229 e. The summed E-state index contributed by atoms with van der Waals surface area (Å²) < 4.78 is 38.3. The first-order chi connectivity index (χ1) is 11.7. The largest absolute Gasteiger partial charge is 0.372 e. The second-order valence-electron chi connectivity index (χ2n) is 5.29. The number of hydrogen-bond donors (Lipinski definition) is 2. The quantitative estimate of drug-likeness (QED) is 0.570. The van der Waals surface area contributed by atoms with Gasteiger partial charge in [0.1, 0.15) is 5.82 Å². The first-order valence-electron chi connectivity index (χ1n) is 7.20. The van der Waals surface area contributed by atoms with Crippen molar-refractivity contribution in [2.75, 3.05) is 11.0 Å². The molecule has 0 unspecified atom stereocenters. The van der Waals surface area contributed by atoms with Gasteiger partial charge in [0.25, 0.3) is 0 Å². The first-order valence-corrected chi connectivity index (χ1v) is 9.88. The number of benzene rings is 2. The van der Waals surface area contributed by atoms with Crippen LogP contribution < -0.4 is 10.0 Å². The van der Waals surface area contributed by atoms with Gasteiger partial charge in [0.15, 0.2) is 0 Å². The van der Waals surface area contributed by atoms with Crippen molar-refractivity contribution in [2.45, 2.75) is 6.54 Å². The van der Waals surface area contributed by atoms with E-state index in [1.807, 2.05) is 18.2 Å². The molecule has 4 nitrogen and oxygen atoms in total. The summed E-state index contributed by atoms with van der Waals surface area (Å²) in [5.74, 6) is -0.646. The second kappa shape index (κ2) is 8.42. The molecule has 0 bridgehead atoms. The summed E-state index contributed by atoms with van der Waals surface area (Å²) in [6.07, 6.45) is 4.53. The Hall–Kier alpha value is -1.96. The Kier molecular flexibility index (Phi) is 6.52. The maximum absolute atomic E-state index is 13.9. The molecule has 25 heavy (non-hydrogen) atoms. The molecule has 0 heterocycles. The maximum atomic E-state index is 13.9. The predicted octanol–water partition coefficient (Wildman–Crippen LogP) is 3.98. The lowest BCUT2D eigenvalue weighted by Gasteiger charge is -2.08. The molecule has 0 spiro atoms. The molecular formula is C17H16ClFN2O2S2. The molecule has 2 N–H and O–H groups in total. The van der Waals surface area contributed by atoms with E-state index in [1.54, 1.807) is 24.3 Å². The van der Waals surface area contributed by atoms with E-state index in [0.717, 1.165) is 11.8 Å². The molecule has 0 aliphatic rings. The van der Waals surface area contributed by atoms with Crippen molar-refractivity contribution < 1.29 is 12.8 Å². The summed E-state index contributed by atoms with van der Waals surface area (Å²) >= 11 is 11.0. The first kappa shape index (κ1) is 19.4. The van der Waals surface area contributed by atoms with Crippen LogP contribution in [0.15, 0.2) is 48.5 Å². The van der Waals surface area contributed by atoms with E-state index in [-0.39, 0.29) is 5.69 Å². The normalized spacial score (nSPS) is 11.5. The highest BCUT2D eigenvalue weighted by atomic mass is 35.5. The number of sulfonamides is 1. The van der Waals surface area contributed by atoms with Crippen molar-refractivity contribution in [1.82, 2.24) is 5.32 Å². The Balaban J connectivity index is 1.93. The number of thiocarbonyl (C=S) groups is 1. The van der Waals surface area contributed by atoms with Crippen molar-refractivity contribution >= 4 is 50.6 Å². The van der Waals surface area contributed by atoms with Gasteiger partial charge < -0.3 is 5.32 Å². The molecular weight excluding hydrogens is 383 g/mol. The van der Waals surface area contributed by atoms with Gasteiger partial charge in [0, 0.05) is 11.6 Å². The molecule has 0 aliphatic carbocycles. The Bertz CT molecular complexity index is 897. The lowest BCUT2D eigenvalue weighted by atomic mass is 10.2. The summed E-state index contributed by atoms with van der Waals surface area (Å²) in [6.45, 7) is 0.319. The Morgan fingerprint density at radius 3 is 2.52 bits per heavy atom.